The van der Waals surface area contributed by atoms with Gasteiger partial charge in [-0.2, -0.15) is 0 Å². The van der Waals surface area contributed by atoms with Crippen LogP contribution in [0.4, 0.5) is 0 Å². The van der Waals surface area contributed by atoms with Crippen LogP contribution in [0.25, 0.3) is 0 Å². The zero-order valence-corrected chi connectivity index (χ0v) is 9.97. The highest BCUT2D eigenvalue weighted by atomic mass is 15.2. The summed E-state index contributed by atoms with van der Waals surface area (Å²) in [5.41, 5.74) is 7.44. The summed E-state index contributed by atoms with van der Waals surface area (Å²) in [5.74, 6) is 0. The number of likely N-dealkylation sites (N-methyl/N-ethyl adjacent to an activating group) is 1. The lowest BCUT2D eigenvalue weighted by Gasteiger charge is -2.33. The van der Waals surface area contributed by atoms with Gasteiger partial charge in [0.1, 0.15) is 0 Å². The summed E-state index contributed by atoms with van der Waals surface area (Å²) in [6.07, 6.45) is 0. The maximum atomic E-state index is 6.21. The minimum Gasteiger partial charge on any atom is -0.323 e. The van der Waals surface area contributed by atoms with E-state index < -0.39 is 0 Å². The SMILES string of the molecule is CN1CCN(C[C@H](N)c2ccccc2)CC1. The summed E-state index contributed by atoms with van der Waals surface area (Å²) >= 11 is 0. The van der Waals surface area contributed by atoms with Gasteiger partial charge in [0.05, 0.1) is 0 Å². The Kier molecular flexibility index (Phi) is 3.93. The third kappa shape index (κ3) is 3.04. The molecule has 1 atom stereocenters. The Balaban J connectivity index is 1.86. The van der Waals surface area contributed by atoms with E-state index in [1.165, 1.54) is 5.56 Å². The zero-order chi connectivity index (χ0) is 11.4. The number of hydrogen-bond donors (Lipinski definition) is 1. The molecule has 1 saturated heterocycles. The van der Waals surface area contributed by atoms with Gasteiger partial charge in [0, 0.05) is 38.8 Å². The summed E-state index contributed by atoms with van der Waals surface area (Å²) in [5, 5.41) is 0. The molecule has 0 spiro atoms. The molecular formula is C13H21N3. The number of hydrogen-bond acceptors (Lipinski definition) is 3. The van der Waals surface area contributed by atoms with E-state index >= 15 is 0 Å². The van der Waals surface area contributed by atoms with Gasteiger partial charge in [-0.05, 0) is 12.6 Å². The van der Waals surface area contributed by atoms with Gasteiger partial charge in [0.15, 0.2) is 0 Å². The molecule has 0 saturated carbocycles. The fourth-order valence-electron chi connectivity index (χ4n) is 2.11. The van der Waals surface area contributed by atoms with Crippen LogP contribution in [-0.4, -0.2) is 49.6 Å². The number of nitrogens with two attached hydrogens (primary N) is 1. The van der Waals surface area contributed by atoms with Gasteiger partial charge in [-0.3, -0.25) is 4.90 Å². The molecule has 0 amide bonds. The first-order valence-electron chi connectivity index (χ1n) is 5.97. The topological polar surface area (TPSA) is 32.5 Å². The third-order valence-electron chi connectivity index (χ3n) is 3.28. The van der Waals surface area contributed by atoms with Crippen LogP contribution in [0.5, 0.6) is 0 Å². The Bertz CT molecular complexity index is 304. The second-order valence-electron chi connectivity index (χ2n) is 4.62. The summed E-state index contributed by atoms with van der Waals surface area (Å²) < 4.78 is 0. The highest BCUT2D eigenvalue weighted by Crippen LogP contribution is 2.12. The Morgan fingerprint density at radius 2 is 1.75 bits per heavy atom. The maximum Gasteiger partial charge on any atom is 0.0424 e. The lowest BCUT2D eigenvalue weighted by atomic mass is 10.1. The molecule has 2 N–H and O–H groups in total. The smallest absolute Gasteiger partial charge is 0.0424 e. The molecule has 3 heteroatoms. The van der Waals surface area contributed by atoms with Crippen LogP contribution in [0.1, 0.15) is 11.6 Å². The van der Waals surface area contributed by atoms with Crippen LogP contribution in [0.2, 0.25) is 0 Å². The first-order valence-corrected chi connectivity index (χ1v) is 5.97. The normalized spacial score (nSPS) is 20.9. The second kappa shape index (κ2) is 5.43. The van der Waals surface area contributed by atoms with Crippen LogP contribution in [-0.2, 0) is 0 Å². The van der Waals surface area contributed by atoms with E-state index in [9.17, 15) is 0 Å². The molecular weight excluding hydrogens is 198 g/mol. The molecule has 3 nitrogen and oxygen atoms in total. The van der Waals surface area contributed by atoms with Crippen LogP contribution in [0.15, 0.2) is 30.3 Å². The van der Waals surface area contributed by atoms with Crippen LogP contribution < -0.4 is 5.73 Å². The summed E-state index contributed by atoms with van der Waals surface area (Å²) in [6.45, 7) is 5.55. The molecule has 0 radical (unpaired) electrons. The number of piperazine rings is 1. The van der Waals surface area contributed by atoms with Crippen molar-refractivity contribution in [2.45, 2.75) is 6.04 Å². The van der Waals surface area contributed by atoms with Crippen molar-refractivity contribution in [2.24, 2.45) is 5.73 Å². The zero-order valence-electron chi connectivity index (χ0n) is 9.97. The predicted octanol–water partition coefficient (Wildman–Crippen LogP) is 0.934. The standard InChI is InChI=1S/C13H21N3/c1-15-7-9-16(10-8-15)11-13(14)12-5-3-2-4-6-12/h2-6,13H,7-11,14H2,1H3/t13-/m0/s1. The molecule has 0 bridgehead atoms. The minimum atomic E-state index is 0.143. The van der Waals surface area contributed by atoms with Crippen LogP contribution in [0.3, 0.4) is 0 Å². The monoisotopic (exact) mass is 219 g/mol. The average Bonchev–Trinajstić information content (AvgIpc) is 2.33. The molecule has 1 heterocycles. The first-order chi connectivity index (χ1) is 7.75. The first kappa shape index (κ1) is 11.6. The van der Waals surface area contributed by atoms with Crippen molar-refractivity contribution in [3.05, 3.63) is 35.9 Å². The van der Waals surface area contributed by atoms with E-state index in [2.05, 4.69) is 41.1 Å². The average molecular weight is 219 g/mol. The molecule has 1 fully saturated rings. The lowest BCUT2D eigenvalue weighted by molar-refractivity contribution is 0.147. The maximum absolute atomic E-state index is 6.21. The molecule has 88 valence electrons. The van der Waals surface area contributed by atoms with Gasteiger partial charge in [0.25, 0.3) is 0 Å². The van der Waals surface area contributed by atoms with Gasteiger partial charge in [-0.25, -0.2) is 0 Å². The Labute approximate surface area is 97.8 Å². The molecule has 1 aromatic rings. The van der Waals surface area contributed by atoms with Gasteiger partial charge in [0.2, 0.25) is 0 Å². The van der Waals surface area contributed by atoms with Gasteiger partial charge < -0.3 is 10.6 Å². The largest absolute Gasteiger partial charge is 0.323 e. The molecule has 0 aromatic heterocycles. The second-order valence-corrected chi connectivity index (χ2v) is 4.62. The van der Waals surface area contributed by atoms with Crippen molar-refractivity contribution < 1.29 is 0 Å². The Hall–Kier alpha value is -0.900. The summed E-state index contributed by atoms with van der Waals surface area (Å²) in [6, 6.07) is 10.5. The van der Waals surface area contributed by atoms with Crippen molar-refractivity contribution in [3.8, 4) is 0 Å². The van der Waals surface area contributed by atoms with Gasteiger partial charge in [-0.1, -0.05) is 30.3 Å². The molecule has 1 aliphatic heterocycles. The van der Waals surface area contributed by atoms with E-state index in [-0.39, 0.29) is 6.04 Å². The highest BCUT2D eigenvalue weighted by Gasteiger charge is 2.16. The fourth-order valence-corrected chi connectivity index (χ4v) is 2.11. The quantitative estimate of drug-likeness (QED) is 0.821. The summed E-state index contributed by atoms with van der Waals surface area (Å²) in [7, 11) is 2.18. The molecule has 0 aliphatic carbocycles. The predicted molar refractivity (Wildman–Crippen MR) is 67.3 cm³/mol. The van der Waals surface area contributed by atoms with Crippen molar-refractivity contribution in [2.75, 3.05) is 39.8 Å². The van der Waals surface area contributed by atoms with Crippen LogP contribution >= 0.6 is 0 Å². The van der Waals surface area contributed by atoms with Crippen molar-refractivity contribution >= 4 is 0 Å². The molecule has 16 heavy (non-hydrogen) atoms. The molecule has 2 rings (SSSR count). The van der Waals surface area contributed by atoms with Crippen molar-refractivity contribution in [1.29, 1.82) is 0 Å². The Morgan fingerprint density at radius 3 is 2.38 bits per heavy atom. The molecule has 0 unspecified atom stereocenters. The highest BCUT2D eigenvalue weighted by molar-refractivity contribution is 5.18. The van der Waals surface area contributed by atoms with E-state index in [1.54, 1.807) is 0 Å². The number of benzene rings is 1. The Morgan fingerprint density at radius 1 is 1.12 bits per heavy atom. The molecule has 1 aromatic carbocycles. The molecule has 1 aliphatic rings. The number of rotatable bonds is 3. The summed E-state index contributed by atoms with van der Waals surface area (Å²) in [4.78, 5) is 4.82. The third-order valence-corrected chi connectivity index (χ3v) is 3.28. The fraction of sp³-hybridized carbons (Fsp3) is 0.538. The minimum absolute atomic E-state index is 0.143. The number of nitrogens with zero attached hydrogens (tertiary/aromatic N) is 2. The van der Waals surface area contributed by atoms with Gasteiger partial charge in [-0.15, -0.1) is 0 Å². The van der Waals surface area contributed by atoms with E-state index in [0.717, 1.165) is 32.7 Å². The van der Waals surface area contributed by atoms with Gasteiger partial charge >= 0.3 is 0 Å². The van der Waals surface area contributed by atoms with E-state index in [4.69, 9.17) is 5.73 Å². The van der Waals surface area contributed by atoms with Crippen LogP contribution in [0, 0.1) is 0 Å². The van der Waals surface area contributed by atoms with E-state index in [0.29, 0.717) is 0 Å². The van der Waals surface area contributed by atoms with E-state index in [1.807, 2.05) is 6.07 Å². The van der Waals surface area contributed by atoms with Crippen molar-refractivity contribution in [1.82, 2.24) is 9.80 Å². The van der Waals surface area contributed by atoms with Crippen molar-refractivity contribution in [3.63, 3.8) is 0 Å². The lowest BCUT2D eigenvalue weighted by Crippen LogP contribution is -2.46.